The van der Waals surface area contributed by atoms with Crippen LogP contribution in [0.25, 0.3) is 0 Å². The van der Waals surface area contributed by atoms with Crippen LogP contribution < -0.4 is 10.1 Å². The molecule has 1 saturated heterocycles. The minimum absolute atomic E-state index is 0.168. The number of benzene rings is 1. The summed E-state index contributed by atoms with van der Waals surface area (Å²) in [5.74, 6) is 1.27. The second kappa shape index (κ2) is 9.85. The van der Waals surface area contributed by atoms with Crippen LogP contribution in [0.5, 0.6) is 5.75 Å². The monoisotopic (exact) mass is 387 g/mol. The molecule has 0 saturated carbocycles. The minimum Gasteiger partial charge on any atom is -0.486 e. The van der Waals surface area contributed by atoms with Crippen LogP contribution in [0.3, 0.4) is 0 Å². The molecule has 1 aromatic heterocycles. The fraction of sp³-hybridized carbons (Fsp3) is 0.524. The van der Waals surface area contributed by atoms with Crippen molar-refractivity contribution in [3.63, 3.8) is 0 Å². The van der Waals surface area contributed by atoms with Crippen molar-refractivity contribution < 1.29 is 9.53 Å². The first-order chi connectivity index (χ1) is 13.1. The number of aryl methyl sites for hydroxylation is 1. The Morgan fingerprint density at radius 3 is 2.74 bits per heavy atom. The summed E-state index contributed by atoms with van der Waals surface area (Å²) in [6.07, 6.45) is 2.86. The molecule has 146 valence electrons. The summed E-state index contributed by atoms with van der Waals surface area (Å²) in [5, 5.41) is 6.14. The molecule has 1 amide bonds. The van der Waals surface area contributed by atoms with Crippen molar-refractivity contribution in [3.8, 4) is 5.75 Å². The molecule has 1 aliphatic heterocycles. The summed E-state index contributed by atoms with van der Waals surface area (Å²) < 4.78 is 5.81. The molecule has 3 rings (SSSR count). The van der Waals surface area contributed by atoms with Crippen LogP contribution in [0.4, 0.5) is 0 Å². The highest BCUT2D eigenvalue weighted by Crippen LogP contribution is 2.21. The molecule has 0 unspecified atom stereocenters. The van der Waals surface area contributed by atoms with E-state index in [-0.39, 0.29) is 11.8 Å². The van der Waals surface area contributed by atoms with Crippen molar-refractivity contribution in [3.05, 3.63) is 45.9 Å². The highest BCUT2D eigenvalue weighted by Gasteiger charge is 2.24. The molecule has 1 N–H and O–H groups in total. The molecule has 1 aromatic carbocycles. The quantitative estimate of drug-likeness (QED) is 0.749. The molecule has 0 radical (unpaired) electrons. The van der Waals surface area contributed by atoms with Gasteiger partial charge in [-0.1, -0.05) is 24.6 Å². The molecule has 0 bridgehead atoms. The van der Waals surface area contributed by atoms with Gasteiger partial charge in [-0.25, -0.2) is 4.98 Å². The summed E-state index contributed by atoms with van der Waals surface area (Å²) in [4.78, 5) is 19.2. The van der Waals surface area contributed by atoms with Crippen molar-refractivity contribution in [2.45, 2.75) is 46.3 Å². The first-order valence-electron chi connectivity index (χ1n) is 9.77. The Kier molecular flexibility index (Phi) is 7.24. The number of nitrogens with zero attached hydrogens (tertiary/aromatic N) is 2. The highest BCUT2D eigenvalue weighted by molar-refractivity contribution is 7.09. The number of nitrogens with one attached hydrogen (secondary N) is 1. The Labute approximate surface area is 165 Å². The molecule has 27 heavy (non-hydrogen) atoms. The number of hydrogen-bond donors (Lipinski definition) is 1. The predicted octanol–water partition coefficient (Wildman–Crippen LogP) is 3.77. The lowest BCUT2D eigenvalue weighted by Crippen LogP contribution is -2.40. The number of amides is 1. The maximum atomic E-state index is 12.1. The molecule has 1 fully saturated rings. The number of hydrogen-bond acceptors (Lipinski definition) is 5. The molecule has 1 aliphatic rings. The topological polar surface area (TPSA) is 54.5 Å². The smallest absolute Gasteiger partial charge is 0.223 e. The molecular formula is C21H29N3O2S. The number of aromatic nitrogens is 1. The van der Waals surface area contributed by atoms with Gasteiger partial charge in [0.25, 0.3) is 0 Å². The average molecular weight is 388 g/mol. The van der Waals surface area contributed by atoms with E-state index in [4.69, 9.17) is 9.72 Å². The lowest BCUT2D eigenvalue weighted by atomic mass is 9.96. The zero-order chi connectivity index (χ0) is 19.1. The van der Waals surface area contributed by atoms with Gasteiger partial charge in [0.05, 0.1) is 5.69 Å². The van der Waals surface area contributed by atoms with E-state index >= 15 is 0 Å². The average Bonchev–Trinajstić information content (AvgIpc) is 3.13. The van der Waals surface area contributed by atoms with Gasteiger partial charge in [-0.05, 0) is 51.4 Å². The molecule has 2 aromatic rings. The number of likely N-dealkylation sites (tertiary alicyclic amines) is 1. The van der Waals surface area contributed by atoms with Crippen molar-refractivity contribution in [1.82, 2.24) is 15.2 Å². The maximum Gasteiger partial charge on any atom is 0.223 e. The largest absolute Gasteiger partial charge is 0.486 e. The van der Waals surface area contributed by atoms with Crippen LogP contribution in [0.2, 0.25) is 0 Å². The number of thiazole rings is 1. The third-order valence-corrected chi connectivity index (χ3v) is 5.75. The fourth-order valence-corrected chi connectivity index (χ4v) is 3.94. The molecular weight excluding hydrogens is 358 g/mol. The summed E-state index contributed by atoms with van der Waals surface area (Å²) in [5.41, 5.74) is 2.32. The van der Waals surface area contributed by atoms with E-state index in [0.29, 0.717) is 6.61 Å². The van der Waals surface area contributed by atoms with Gasteiger partial charge in [-0.15, -0.1) is 11.3 Å². The summed E-state index contributed by atoms with van der Waals surface area (Å²) >= 11 is 1.65. The molecule has 6 heteroatoms. The molecule has 0 spiro atoms. The van der Waals surface area contributed by atoms with E-state index in [9.17, 15) is 4.79 Å². The molecule has 5 nitrogen and oxygen atoms in total. The number of rotatable bonds is 8. The van der Waals surface area contributed by atoms with Crippen molar-refractivity contribution >= 4 is 17.2 Å². The number of carbonyl (C=O) groups is 1. The van der Waals surface area contributed by atoms with Gasteiger partial charge in [0, 0.05) is 24.4 Å². The number of ether oxygens (including phenoxy) is 1. The normalized spacial score (nSPS) is 15.6. The van der Waals surface area contributed by atoms with Crippen LogP contribution in [0.1, 0.15) is 42.5 Å². The summed E-state index contributed by atoms with van der Waals surface area (Å²) in [7, 11) is 0. The van der Waals surface area contributed by atoms with Crippen molar-refractivity contribution in [2.75, 3.05) is 19.6 Å². The third kappa shape index (κ3) is 6.04. The van der Waals surface area contributed by atoms with Gasteiger partial charge < -0.3 is 10.1 Å². The molecule has 0 atom stereocenters. The minimum atomic E-state index is 0.168. The second-order valence-electron chi connectivity index (χ2n) is 7.18. The van der Waals surface area contributed by atoms with Crippen LogP contribution >= 0.6 is 11.3 Å². The van der Waals surface area contributed by atoms with E-state index in [0.717, 1.165) is 61.9 Å². The van der Waals surface area contributed by atoms with Gasteiger partial charge in [-0.3, -0.25) is 9.69 Å². The van der Waals surface area contributed by atoms with Crippen molar-refractivity contribution in [1.29, 1.82) is 0 Å². The third-order valence-electron chi connectivity index (χ3n) is 4.88. The Balaban J connectivity index is 1.42. The highest BCUT2D eigenvalue weighted by atomic mass is 32.1. The molecule has 0 aliphatic carbocycles. The van der Waals surface area contributed by atoms with E-state index in [2.05, 4.69) is 41.6 Å². The van der Waals surface area contributed by atoms with Gasteiger partial charge >= 0.3 is 0 Å². The van der Waals surface area contributed by atoms with Crippen LogP contribution in [0, 0.1) is 12.8 Å². The second-order valence-corrected chi connectivity index (χ2v) is 8.12. The fourth-order valence-electron chi connectivity index (χ4n) is 3.24. The first kappa shape index (κ1) is 19.8. The van der Waals surface area contributed by atoms with E-state index in [1.807, 2.05) is 12.1 Å². The summed E-state index contributed by atoms with van der Waals surface area (Å²) in [6.45, 7) is 8.20. The van der Waals surface area contributed by atoms with E-state index in [1.165, 1.54) is 5.56 Å². The van der Waals surface area contributed by atoms with Gasteiger partial charge in [0.15, 0.2) is 0 Å². The maximum absolute atomic E-state index is 12.1. The number of piperidine rings is 1. The van der Waals surface area contributed by atoms with Crippen LogP contribution in [0.15, 0.2) is 29.6 Å². The van der Waals surface area contributed by atoms with Crippen LogP contribution in [-0.2, 0) is 17.9 Å². The summed E-state index contributed by atoms with van der Waals surface area (Å²) in [6, 6.07) is 8.08. The first-order valence-corrected chi connectivity index (χ1v) is 10.6. The molecule has 2 heterocycles. The predicted molar refractivity (Wildman–Crippen MR) is 109 cm³/mol. The van der Waals surface area contributed by atoms with Gasteiger partial charge in [-0.2, -0.15) is 0 Å². The Morgan fingerprint density at radius 2 is 2.04 bits per heavy atom. The van der Waals surface area contributed by atoms with E-state index < -0.39 is 0 Å². The Bertz CT molecular complexity index is 721. The number of carbonyl (C=O) groups excluding carboxylic acids is 1. The lowest BCUT2D eigenvalue weighted by Gasteiger charge is -2.30. The Hall–Kier alpha value is -1.92. The van der Waals surface area contributed by atoms with Gasteiger partial charge in [0.1, 0.15) is 17.4 Å². The SMILES string of the molecule is CCCNC(=O)C1CCN(Cc2csc(COc3ccc(C)cc3)n2)CC1. The van der Waals surface area contributed by atoms with Crippen LogP contribution in [-0.4, -0.2) is 35.4 Å². The van der Waals surface area contributed by atoms with Crippen molar-refractivity contribution in [2.24, 2.45) is 5.92 Å². The Morgan fingerprint density at radius 1 is 1.30 bits per heavy atom. The standard InChI is InChI=1S/C21H29N3O2S/c1-3-10-22-21(25)17-8-11-24(12-9-17)13-18-15-27-20(23-18)14-26-19-6-4-16(2)5-7-19/h4-7,15,17H,3,8-14H2,1-2H3,(H,22,25). The zero-order valence-electron chi connectivity index (χ0n) is 16.2. The van der Waals surface area contributed by atoms with Gasteiger partial charge in [0.2, 0.25) is 5.91 Å². The zero-order valence-corrected chi connectivity index (χ0v) is 17.1. The van der Waals surface area contributed by atoms with E-state index in [1.54, 1.807) is 11.3 Å². The lowest BCUT2D eigenvalue weighted by molar-refractivity contribution is -0.126.